The van der Waals surface area contributed by atoms with Crippen LogP contribution in [0.4, 0.5) is 4.39 Å². The van der Waals surface area contributed by atoms with Gasteiger partial charge in [0.25, 0.3) is 5.91 Å². The molecule has 0 radical (unpaired) electrons. The number of nitrogens with one attached hydrogen (secondary N) is 1. The number of rotatable bonds is 7. The Morgan fingerprint density at radius 3 is 2.57 bits per heavy atom. The summed E-state index contributed by atoms with van der Waals surface area (Å²) in [5.41, 5.74) is 3.58. The smallest absolute Gasteiger partial charge is 0.275 e. The Morgan fingerprint density at radius 2 is 1.83 bits per heavy atom. The van der Waals surface area contributed by atoms with E-state index in [1.807, 2.05) is 0 Å². The molecule has 8 heteroatoms. The van der Waals surface area contributed by atoms with Gasteiger partial charge in [-0.3, -0.25) is 4.79 Å². The maximum Gasteiger partial charge on any atom is 0.275 e. The summed E-state index contributed by atoms with van der Waals surface area (Å²) in [6.45, 7) is 0.213. The summed E-state index contributed by atoms with van der Waals surface area (Å²) in [5, 5.41) is 23.0. The summed E-state index contributed by atoms with van der Waals surface area (Å²) in [6.07, 6.45) is 1.39. The minimum absolute atomic E-state index is 0.106. The van der Waals surface area contributed by atoms with Gasteiger partial charge in [-0.2, -0.15) is 5.10 Å². The molecule has 3 N–H and O–H groups in total. The van der Waals surface area contributed by atoms with E-state index in [9.17, 15) is 19.4 Å². The van der Waals surface area contributed by atoms with Crippen LogP contribution in [0.1, 0.15) is 21.5 Å². The van der Waals surface area contributed by atoms with E-state index in [2.05, 4.69) is 10.5 Å². The predicted molar refractivity (Wildman–Crippen MR) is 109 cm³/mol. The van der Waals surface area contributed by atoms with Crippen molar-refractivity contribution in [3.63, 3.8) is 0 Å². The van der Waals surface area contributed by atoms with Crippen molar-refractivity contribution in [2.24, 2.45) is 5.10 Å². The summed E-state index contributed by atoms with van der Waals surface area (Å²) < 4.78 is 24.1. The molecule has 0 unspecified atom stereocenters. The SMILES string of the molecule is COc1ccc(/C=N/NC(=O)c2cc(O)ccc2O)cc1OCc1ccc(F)cc1. The molecule has 0 aliphatic carbocycles. The van der Waals surface area contributed by atoms with Crippen LogP contribution in [0.5, 0.6) is 23.0 Å². The summed E-state index contributed by atoms with van der Waals surface area (Å²) in [5.74, 6) is -0.483. The van der Waals surface area contributed by atoms with Crippen LogP contribution >= 0.6 is 0 Å². The van der Waals surface area contributed by atoms with Gasteiger partial charge >= 0.3 is 0 Å². The molecule has 3 aromatic carbocycles. The molecule has 0 aliphatic rings. The number of phenols is 2. The minimum Gasteiger partial charge on any atom is -0.508 e. The van der Waals surface area contributed by atoms with E-state index < -0.39 is 5.91 Å². The van der Waals surface area contributed by atoms with Crippen molar-refractivity contribution in [2.45, 2.75) is 6.61 Å². The minimum atomic E-state index is -0.680. The number of hydrazone groups is 1. The number of carbonyl (C=O) groups excluding carboxylic acids is 1. The summed E-state index contributed by atoms with van der Waals surface area (Å²) in [7, 11) is 1.51. The number of carbonyl (C=O) groups is 1. The predicted octanol–water partition coefficient (Wildman–Crippen LogP) is 3.59. The Hall–Kier alpha value is -4.07. The second-order valence-electron chi connectivity index (χ2n) is 6.23. The molecule has 0 heterocycles. The molecule has 0 bridgehead atoms. The van der Waals surface area contributed by atoms with Crippen LogP contribution in [-0.4, -0.2) is 29.4 Å². The van der Waals surface area contributed by atoms with Gasteiger partial charge in [0.2, 0.25) is 0 Å². The van der Waals surface area contributed by atoms with Crippen molar-refractivity contribution >= 4 is 12.1 Å². The van der Waals surface area contributed by atoms with E-state index in [4.69, 9.17) is 9.47 Å². The first kappa shape index (κ1) is 20.7. The Bertz CT molecular complexity index is 1070. The van der Waals surface area contributed by atoms with Crippen molar-refractivity contribution in [1.82, 2.24) is 5.43 Å². The van der Waals surface area contributed by atoms with Crippen LogP contribution in [0.15, 0.2) is 65.8 Å². The molecule has 0 spiro atoms. The van der Waals surface area contributed by atoms with E-state index in [1.165, 1.54) is 37.6 Å². The number of halogens is 1. The number of amides is 1. The van der Waals surface area contributed by atoms with Crippen LogP contribution in [0.2, 0.25) is 0 Å². The Balaban J connectivity index is 1.68. The van der Waals surface area contributed by atoms with E-state index in [1.54, 1.807) is 30.3 Å². The topological polar surface area (TPSA) is 100 Å². The van der Waals surface area contributed by atoms with Crippen LogP contribution in [0.3, 0.4) is 0 Å². The average molecular weight is 410 g/mol. The van der Waals surface area contributed by atoms with Gasteiger partial charge in [0.1, 0.15) is 23.9 Å². The van der Waals surface area contributed by atoms with Gasteiger partial charge in [-0.1, -0.05) is 12.1 Å². The van der Waals surface area contributed by atoms with Crippen molar-refractivity contribution < 1.29 is 28.9 Å². The van der Waals surface area contributed by atoms with E-state index >= 15 is 0 Å². The summed E-state index contributed by atoms with van der Waals surface area (Å²) in [6, 6.07) is 14.6. The van der Waals surface area contributed by atoms with Crippen LogP contribution < -0.4 is 14.9 Å². The maximum atomic E-state index is 13.0. The van der Waals surface area contributed by atoms with Crippen molar-refractivity contribution in [1.29, 1.82) is 0 Å². The molecule has 7 nitrogen and oxygen atoms in total. The van der Waals surface area contributed by atoms with Crippen molar-refractivity contribution in [2.75, 3.05) is 7.11 Å². The van der Waals surface area contributed by atoms with Gasteiger partial charge in [0.15, 0.2) is 11.5 Å². The average Bonchev–Trinajstić information content (AvgIpc) is 2.75. The maximum absolute atomic E-state index is 13.0. The van der Waals surface area contributed by atoms with Crippen LogP contribution in [0, 0.1) is 5.82 Å². The molecule has 0 atom stereocenters. The van der Waals surface area contributed by atoms with Crippen molar-refractivity contribution in [3.05, 3.63) is 83.2 Å². The fourth-order valence-corrected chi connectivity index (χ4v) is 2.56. The number of aromatic hydroxyl groups is 2. The number of methoxy groups -OCH3 is 1. The fraction of sp³-hybridized carbons (Fsp3) is 0.0909. The number of benzene rings is 3. The molecule has 154 valence electrons. The molecule has 30 heavy (non-hydrogen) atoms. The van der Waals surface area contributed by atoms with Gasteiger partial charge < -0.3 is 19.7 Å². The quantitative estimate of drug-likeness (QED) is 0.314. The first-order valence-corrected chi connectivity index (χ1v) is 8.87. The Labute approximate surface area is 172 Å². The van der Waals surface area contributed by atoms with Gasteiger partial charge in [-0.15, -0.1) is 0 Å². The van der Waals surface area contributed by atoms with Crippen LogP contribution in [-0.2, 0) is 6.61 Å². The highest BCUT2D eigenvalue weighted by Gasteiger charge is 2.11. The highest BCUT2D eigenvalue weighted by Crippen LogP contribution is 2.28. The first-order valence-electron chi connectivity index (χ1n) is 8.87. The van der Waals surface area contributed by atoms with Gasteiger partial charge in [-0.05, 0) is 59.7 Å². The molecule has 0 saturated carbocycles. The first-order chi connectivity index (χ1) is 14.5. The van der Waals surface area contributed by atoms with Gasteiger partial charge in [0, 0.05) is 0 Å². The van der Waals surface area contributed by atoms with Crippen molar-refractivity contribution in [3.8, 4) is 23.0 Å². The van der Waals surface area contributed by atoms with E-state index in [-0.39, 0.29) is 29.5 Å². The molecular weight excluding hydrogens is 391 g/mol. The number of nitrogens with zero attached hydrogens (tertiary/aromatic N) is 1. The lowest BCUT2D eigenvalue weighted by Gasteiger charge is -2.11. The molecular formula is C22H19FN2O5. The lowest BCUT2D eigenvalue weighted by atomic mass is 10.2. The third kappa shape index (κ3) is 5.26. The molecule has 0 aliphatic heterocycles. The highest BCUT2D eigenvalue weighted by atomic mass is 19.1. The number of phenolic OH excluding ortho intramolecular Hbond substituents is 2. The van der Waals surface area contributed by atoms with Gasteiger partial charge in [-0.25, -0.2) is 9.82 Å². The van der Waals surface area contributed by atoms with E-state index in [0.29, 0.717) is 17.1 Å². The second-order valence-corrected chi connectivity index (χ2v) is 6.23. The Kier molecular flexibility index (Phi) is 6.49. The number of ether oxygens (including phenoxy) is 2. The molecule has 0 saturated heterocycles. The largest absolute Gasteiger partial charge is 0.508 e. The zero-order valence-electron chi connectivity index (χ0n) is 16.0. The third-order valence-corrected chi connectivity index (χ3v) is 4.10. The molecule has 0 aromatic heterocycles. The molecule has 1 amide bonds. The van der Waals surface area contributed by atoms with Crippen LogP contribution in [0.25, 0.3) is 0 Å². The zero-order valence-corrected chi connectivity index (χ0v) is 16.0. The normalized spacial score (nSPS) is 10.7. The van der Waals surface area contributed by atoms with E-state index in [0.717, 1.165) is 11.6 Å². The standard InChI is InChI=1S/C22H19FN2O5/c1-29-20-9-4-15(10-21(20)30-13-14-2-5-16(23)6-3-14)12-24-25-22(28)18-11-17(26)7-8-19(18)27/h2-12,26-27H,13H2,1H3,(H,25,28)/b24-12+. The van der Waals surface area contributed by atoms with Gasteiger partial charge in [0.05, 0.1) is 18.9 Å². The molecule has 3 rings (SSSR count). The third-order valence-electron chi connectivity index (χ3n) is 4.10. The lowest BCUT2D eigenvalue weighted by molar-refractivity contribution is 0.0952. The molecule has 0 fully saturated rings. The number of hydrogen-bond acceptors (Lipinski definition) is 6. The fourth-order valence-electron chi connectivity index (χ4n) is 2.56. The Morgan fingerprint density at radius 1 is 1.07 bits per heavy atom. The lowest BCUT2D eigenvalue weighted by Crippen LogP contribution is -2.17. The second kappa shape index (κ2) is 9.42. The monoisotopic (exact) mass is 410 g/mol. The summed E-state index contributed by atoms with van der Waals surface area (Å²) >= 11 is 0. The number of hydrogen-bond donors (Lipinski definition) is 3. The zero-order chi connectivity index (χ0) is 21.5. The summed E-state index contributed by atoms with van der Waals surface area (Å²) in [4.78, 5) is 12.1. The molecule has 3 aromatic rings. The highest BCUT2D eigenvalue weighted by molar-refractivity contribution is 5.97.